The topological polar surface area (TPSA) is 94.4 Å². The summed E-state index contributed by atoms with van der Waals surface area (Å²) >= 11 is 0. The molecule has 0 saturated carbocycles. The van der Waals surface area contributed by atoms with Gasteiger partial charge in [0.25, 0.3) is 0 Å². The van der Waals surface area contributed by atoms with Gasteiger partial charge in [0.05, 0.1) is 13.3 Å². The molecule has 0 spiro atoms. The highest BCUT2D eigenvalue weighted by Crippen LogP contribution is 2.03. The fourth-order valence-electron chi connectivity index (χ4n) is 2.18. The van der Waals surface area contributed by atoms with Crippen molar-refractivity contribution in [2.45, 2.75) is 19.4 Å². The number of aromatic nitrogens is 1. The van der Waals surface area contributed by atoms with Crippen LogP contribution in [0.15, 0.2) is 59.9 Å². The first-order chi connectivity index (χ1) is 12.9. The lowest BCUT2D eigenvalue weighted by molar-refractivity contribution is 0.103. The van der Waals surface area contributed by atoms with Crippen molar-refractivity contribution in [3.8, 4) is 6.19 Å². The fraction of sp³-hybridized carbons (Fsp3) is 0.316. The molecule has 0 aliphatic carbocycles. The van der Waals surface area contributed by atoms with Gasteiger partial charge in [0.15, 0.2) is 6.19 Å². The van der Waals surface area contributed by atoms with Crippen LogP contribution in [0.2, 0.25) is 0 Å². The summed E-state index contributed by atoms with van der Waals surface area (Å²) in [4.78, 5) is 8.33. The van der Waals surface area contributed by atoms with Crippen molar-refractivity contribution in [1.82, 2.24) is 15.6 Å². The number of benzene rings is 1. The number of hydrogen-bond donors (Lipinski definition) is 3. The van der Waals surface area contributed by atoms with Crippen molar-refractivity contribution in [3.63, 3.8) is 0 Å². The quantitative estimate of drug-likeness (QED) is 0.152. The van der Waals surface area contributed by atoms with Crippen LogP contribution in [-0.2, 0) is 11.3 Å². The molecule has 0 amide bonds. The van der Waals surface area contributed by atoms with Gasteiger partial charge in [-0.05, 0) is 37.1 Å². The SMILES string of the molecule is N#CNC(=NCCCCNCOCc1ccccc1)Nc1ccncc1. The highest BCUT2D eigenvalue weighted by Gasteiger charge is 1.98. The van der Waals surface area contributed by atoms with Gasteiger partial charge in [0, 0.05) is 24.6 Å². The number of rotatable bonds is 10. The van der Waals surface area contributed by atoms with Crippen molar-refractivity contribution in [2.75, 3.05) is 25.1 Å². The third-order valence-corrected chi connectivity index (χ3v) is 3.46. The first-order valence-electron chi connectivity index (χ1n) is 8.57. The summed E-state index contributed by atoms with van der Waals surface area (Å²) in [5, 5.41) is 17.7. The largest absolute Gasteiger partial charge is 0.362 e. The molecule has 0 saturated heterocycles. The van der Waals surface area contributed by atoms with Crippen LogP contribution >= 0.6 is 0 Å². The second-order valence-electron chi connectivity index (χ2n) is 5.51. The number of anilines is 1. The van der Waals surface area contributed by atoms with Crippen molar-refractivity contribution in [1.29, 1.82) is 5.26 Å². The van der Waals surface area contributed by atoms with Crippen molar-refractivity contribution < 1.29 is 4.74 Å². The molecule has 7 heteroatoms. The lowest BCUT2D eigenvalue weighted by Gasteiger charge is -2.08. The van der Waals surface area contributed by atoms with Gasteiger partial charge in [-0.3, -0.25) is 20.6 Å². The van der Waals surface area contributed by atoms with E-state index < -0.39 is 0 Å². The van der Waals surface area contributed by atoms with E-state index in [4.69, 9.17) is 10.00 Å². The van der Waals surface area contributed by atoms with Crippen LogP contribution in [0.1, 0.15) is 18.4 Å². The Morgan fingerprint density at radius 2 is 1.92 bits per heavy atom. The van der Waals surface area contributed by atoms with Crippen LogP contribution in [0.5, 0.6) is 0 Å². The summed E-state index contributed by atoms with van der Waals surface area (Å²) in [5.74, 6) is 0.442. The highest BCUT2D eigenvalue weighted by molar-refractivity contribution is 5.94. The average molecular weight is 352 g/mol. The molecule has 0 radical (unpaired) electrons. The molecule has 1 heterocycles. The molecule has 0 aliphatic rings. The first kappa shape index (κ1) is 19.4. The summed E-state index contributed by atoms with van der Waals surface area (Å²) < 4.78 is 5.56. The van der Waals surface area contributed by atoms with Gasteiger partial charge in [-0.25, -0.2) is 0 Å². The van der Waals surface area contributed by atoms with E-state index in [-0.39, 0.29) is 0 Å². The van der Waals surface area contributed by atoms with Crippen molar-refractivity contribution in [3.05, 3.63) is 60.4 Å². The van der Waals surface area contributed by atoms with E-state index in [2.05, 4.69) is 25.9 Å². The molecule has 7 nitrogen and oxygen atoms in total. The predicted octanol–water partition coefficient (Wildman–Crippen LogP) is 2.46. The maximum Gasteiger partial charge on any atom is 0.209 e. The molecule has 26 heavy (non-hydrogen) atoms. The Balaban J connectivity index is 1.55. The standard InChI is InChI=1S/C19H24N6O/c20-15-24-19(25-18-8-12-21-13-9-18)23-11-5-4-10-22-16-26-14-17-6-2-1-3-7-17/h1-3,6-9,12-13,22H,4-5,10-11,14,16H2,(H2,21,23,24,25). The second kappa shape index (κ2) is 12.4. The van der Waals surface area contributed by atoms with E-state index in [1.807, 2.05) is 48.7 Å². The number of nitrogens with one attached hydrogen (secondary N) is 3. The smallest absolute Gasteiger partial charge is 0.209 e. The van der Waals surface area contributed by atoms with E-state index in [9.17, 15) is 0 Å². The molecule has 0 atom stereocenters. The molecule has 2 rings (SSSR count). The van der Waals surface area contributed by atoms with Gasteiger partial charge in [0.1, 0.15) is 0 Å². The Hall–Kier alpha value is -2.95. The zero-order chi connectivity index (χ0) is 18.3. The molecule has 1 aromatic heterocycles. The van der Waals surface area contributed by atoms with Gasteiger partial charge in [-0.2, -0.15) is 5.26 Å². The lowest BCUT2D eigenvalue weighted by Crippen LogP contribution is -2.27. The Morgan fingerprint density at radius 1 is 1.12 bits per heavy atom. The minimum absolute atomic E-state index is 0.442. The molecule has 0 unspecified atom stereocenters. The number of hydrogen-bond acceptors (Lipinski definition) is 5. The normalized spacial score (nSPS) is 11.0. The number of guanidine groups is 1. The van der Waals surface area contributed by atoms with E-state index in [1.54, 1.807) is 12.4 Å². The van der Waals surface area contributed by atoms with Crippen molar-refractivity contribution >= 4 is 11.6 Å². The fourth-order valence-corrected chi connectivity index (χ4v) is 2.18. The van der Waals surface area contributed by atoms with Gasteiger partial charge in [0.2, 0.25) is 5.96 Å². The number of unbranched alkanes of at least 4 members (excludes halogenated alkanes) is 1. The highest BCUT2D eigenvalue weighted by atomic mass is 16.5. The molecule has 0 fully saturated rings. The molecule has 136 valence electrons. The minimum Gasteiger partial charge on any atom is -0.362 e. The third-order valence-electron chi connectivity index (χ3n) is 3.46. The van der Waals surface area contributed by atoms with E-state index in [0.29, 0.717) is 25.8 Å². The number of nitrogens with zero attached hydrogens (tertiary/aromatic N) is 3. The predicted molar refractivity (Wildman–Crippen MR) is 102 cm³/mol. The first-order valence-corrected chi connectivity index (χ1v) is 8.57. The van der Waals surface area contributed by atoms with Crippen LogP contribution in [0.3, 0.4) is 0 Å². The molecule has 1 aromatic carbocycles. The van der Waals surface area contributed by atoms with Crippen LogP contribution in [0.4, 0.5) is 5.69 Å². The molecular formula is C19H24N6O. The Morgan fingerprint density at radius 3 is 2.69 bits per heavy atom. The van der Waals surface area contributed by atoms with Crippen LogP contribution in [0.25, 0.3) is 0 Å². The van der Waals surface area contributed by atoms with E-state index >= 15 is 0 Å². The molecular weight excluding hydrogens is 328 g/mol. The molecule has 2 aromatic rings. The number of ether oxygens (including phenoxy) is 1. The van der Waals surface area contributed by atoms with Gasteiger partial charge < -0.3 is 10.1 Å². The maximum atomic E-state index is 8.80. The van der Waals surface area contributed by atoms with E-state index in [1.165, 1.54) is 5.56 Å². The zero-order valence-electron chi connectivity index (χ0n) is 14.7. The third kappa shape index (κ3) is 8.24. The number of nitriles is 1. The Bertz CT molecular complexity index is 684. The van der Waals surface area contributed by atoms with Gasteiger partial charge in [-0.1, -0.05) is 30.3 Å². The minimum atomic E-state index is 0.442. The van der Waals surface area contributed by atoms with Crippen LogP contribution in [0, 0.1) is 11.5 Å². The summed E-state index contributed by atoms with van der Waals surface area (Å²) in [6, 6.07) is 13.7. The Kier molecular flexibility index (Phi) is 9.25. The monoisotopic (exact) mass is 352 g/mol. The zero-order valence-corrected chi connectivity index (χ0v) is 14.7. The molecule has 0 aliphatic heterocycles. The lowest BCUT2D eigenvalue weighted by atomic mass is 10.2. The van der Waals surface area contributed by atoms with Gasteiger partial charge in [-0.15, -0.1) is 0 Å². The summed E-state index contributed by atoms with van der Waals surface area (Å²) in [5.41, 5.74) is 2.00. The molecule has 0 bridgehead atoms. The summed E-state index contributed by atoms with van der Waals surface area (Å²) in [7, 11) is 0. The van der Waals surface area contributed by atoms with Crippen molar-refractivity contribution in [2.24, 2.45) is 4.99 Å². The average Bonchev–Trinajstić information content (AvgIpc) is 2.68. The second-order valence-corrected chi connectivity index (χ2v) is 5.51. The summed E-state index contributed by atoms with van der Waals surface area (Å²) in [6.45, 7) is 2.64. The maximum absolute atomic E-state index is 8.80. The molecule has 3 N–H and O–H groups in total. The number of pyridine rings is 1. The van der Waals surface area contributed by atoms with Crippen LogP contribution < -0.4 is 16.0 Å². The van der Waals surface area contributed by atoms with Crippen LogP contribution in [-0.4, -0.2) is 30.8 Å². The van der Waals surface area contributed by atoms with Gasteiger partial charge >= 0.3 is 0 Å². The summed E-state index contributed by atoms with van der Waals surface area (Å²) in [6.07, 6.45) is 7.14. The Labute approximate surface area is 154 Å². The van der Waals surface area contributed by atoms with E-state index in [0.717, 1.165) is 25.1 Å². The number of aliphatic imine (C=N–C) groups is 1.